The molecule has 0 saturated heterocycles. The number of phenolic OH excluding ortho intramolecular Hbond substituents is 1. The number of hydrogen-bond acceptors (Lipinski definition) is 7. The maximum atomic E-state index is 13.5. The maximum Gasteiger partial charge on any atom is 0.328 e. The molecular formula is C29H37N5O7. The first-order chi connectivity index (χ1) is 19.4. The minimum atomic E-state index is -1.59. The summed E-state index contributed by atoms with van der Waals surface area (Å²) in [6.45, 7) is 4.68. The Labute approximate surface area is 237 Å². The Morgan fingerprint density at radius 1 is 0.854 bits per heavy atom. The number of carboxylic acids is 1. The highest BCUT2D eigenvalue weighted by molar-refractivity contribution is 5.95. The number of carbonyl (C=O) groups is 4. The molecule has 0 radical (unpaired) electrons. The fourth-order valence-corrected chi connectivity index (χ4v) is 4.41. The summed E-state index contributed by atoms with van der Waals surface area (Å²) in [5, 5.41) is 37.2. The van der Waals surface area contributed by atoms with Gasteiger partial charge < -0.3 is 42.0 Å². The van der Waals surface area contributed by atoms with E-state index in [0.717, 1.165) is 16.5 Å². The number of aromatic amines is 1. The molecule has 0 fully saturated rings. The molecule has 1 aromatic heterocycles. The lowest BCUT2D eigenvalue weighted by Crippen LogP contribution is -2.59. The van der Waals surface area contributed by atoms with Gasteiger partial charge in [-0.15, -0.1) is 0 Å². The van der Waals surface area contributed by atoms with Gasteiger partial charge in [-0.1, -0.05) is 44.2 Å². The Morgan fingerprint density at radius 2 is 1.49 bits per heavy atom. The minimum absolute atomic E-state index is 0.00681. The third-order valence-corrected chi connectivity index (χ3v) is 6.75. The van der Waals surface area contributed by atoms with Crippen LogP contribution in [0.4, 0.5) is 0 Å². The molecule has 2 aromatic carbocycles. The molecule has 0 aliphatic heterocycles. The number of H-pyrrole nitrogens is 1. The lowest BCUT2D eigenvalue weighted by atomic mass is 9.99. The summed E-state index contributed by atoms with van der Waals surface area (Å²) in [7, 11) is 0. The molecule has 0 bridgehead atoms. The van der Waals surface area contributed by atoms with Crippen LogP contribution in [0.2, 0.25) is 0 Å². The summed E-state index contributed by atoms with van der Waals surface area (Å²) >= 11 is 0. The van der Waals surface area contributed by atoms with Gasteiger partial charge in [-0.25, -0.2) is 4.79 Å². The molecule has 41 heavy (non-hydrogen) atoms. The zero-order valence-corrected chi connectivity index (χ0v) is 23.1. The molecule has 0 aliphatic rings. The van der Waals surface area contributed by atoms with Crippen LogP contribution in [0.3, 0.4) is 0 Å². The van der Waals surface area contributed by atoms with E-state index in [9.17, 15) is 34.5 Å². The number of aromatic hydroxyl groups is 1. The Bertz CT molecular complexity index is 1370. The highest BCUT2D eigenvalue weighted by atomic mass is 16.4. The highest BCUT2D eigenvalue weighted by Gasteiger charge is 2.33. The molecule has 0 aliphatic carbocycles. The topological polar surface area (TPSA) is 207 Å². The second-order valence-corrected chi connectivity index (χ2v) is 10.4. The highest BCUT2D eigenvalue weighted by Crippen LogP contribution is 2.20. The molecule has 3 aromatic rings. The molecule has 1 heterocycles. The lowest BCUT2D eigenvalue weighted by Gasteiger charge is -2.27. The van der Waals surface area contributed by atoms with Gasteiger partial charge in [0.25, 0.3) is 0 Å². The van der Waals surface area contributed by atoms with Crippen molar-refractivity contribution in [3.63, 3.8) is 0 Å². The molecular weight excluding hydrogens is 530 g/mol. The van der Waals surface area contributed by atoms with Gasteiger partial charge in [0.1, 0.15) is 17.8 Å². The number of benzene rings is 2. The average molecular weight is 568 g/mol. The van der Waals surface area contributed by atoms with E-state index < -0.39 is 54.0 Å². The molecule has 12 nitrogen and oxygen atoms in total. The van der Waals surface area contributed by atoms with E-state index in [1.54, 1.807) is 32.2 Å². The number of rotatable bonds is 13. The summed E-state index contributed by atoms with van der Waals surface area (Å²) < 4.78 is 0. The van der Waals surface area contributed by atoms with E-state index in [-0.39, 0.29) is 24.5 Å². The molecule has 9 N–H and O–H groups in total. The molecule has 3 amide bonds. The number of phenols is 1. The zero-order chi connectivity index (χ0) is 30.3. The Kier molecular flexibility index (Phi) is 10.5. The van der Waals surface area contributed by atoms with E-state index in [4.69, 9.17) is 5.73 Å². The molecule has 5 atom stereocenters. The molecule has 5 unspecified atom stereocenters. The summed E-state index contributed by atoms with van der Waals surface area (Å²) in [4.78, 5) is 54.3. The monoisotopic (exact) mass is 567 g/mol. The normalized spacial score (nSPS) is 15.0. The number of aliphatic carboxylic acids is 1. The summed E-state index contributed by atoms with van der Waals surface area (Å²) in [6, 6.07) is 8.75. The zero-order valence-electron chi connectivity index (χ0n) is 23.1. The van der Waals surface area contributed by atoms with Crippen LogP contribution in [0.1, 0.15) is 31.9 Å². The van der Waals surface area contributed by atoms with Crippen LogP contribution >= 0.6 is 0 Å². The predicted octanol–water partition coefficient (Wildman–Crippen LogP) is 0.562. The summed E-state index contributed by atoms with van der Waals surface area (Å²) in [5.41, 5.74) is 8.32. The number of aliphatic hydroxyl groups is 1. The van der Waals surface area contributed by atoms with E-state index in [0.29, 0.717) is 5.56 Å². The molecule has 220 valence electrons. The van der Waals surface area contributed by atoms with Gasteiger partial charge >= 0.3 is 5.97 Å². The van der Waals surface area contributed by atoms with Crippen LogP contribution in [-0.2, 0) is 32.0 Å². The number of nitrogens with one attached hydrogen (secondary N) is 4. The quantitative estimate of drug-likeness (QED) is 0.146. The standard InChI is InChI=1S/C29H37N5O7/c1-15(2)24(33-26(37)21(30)12-17-8-10-19(36)11-9-17)28(39)32-23(27(38)34-25(16(3)35)29(40)41)13-18-14-31-22-7-5-4-6-20(18)22/h4-11,14-16,21,23-25,31,35-36H,12-13,30H2,1-3H3,(H,32,39)(H,33,37)(H,34,38)(H,40,41). The van der Waals surface area contributed by atoms with Gasteiger partial charge in [0.15, 0.2) is 6.04 Å². The van der Waals surface area contributed by atoms with Crippen LogP contribution in [0.15, 0.2) is 54.7 Å². The fourth-order valence-electron chi connectivity index (χ4n) is 4.41. The van der Waals surface area contributed by atoms with Crippen LogP contribution in [0.25, 0.3) is 10.9 Å². The minimum Gasteiger partial charge on any atom is -0.508 e. The van der Waals surface area contributed by atoms with Crippen LogP contribution in [0.5, 0.6) is 5.75 Å². The smallest absolute Gasteiger partial charge is 0.328 e. The number of carbonyl (C=O) groups excluding carboxylic acids is 3. The fraction of sp³-hybridized carbons (Fsp3) is 0.379. The first-order valence-corrected chi connectivity index (χ1v) is 13.3. The van der Waals surface area contributed by atoms with Gasteiger partial charge in [-0.05, 0) is 48.6 Å². The van der Waals surface area contributed by atoms with E-state index >= 15 is 0 Å². The Balaban J connectivity index is 1.79. The number of hydrogen-bond donors (Lipinski definition) is 8. The second kappa shape index (κ2) is 13.8. The molecule has 3 rings (SSSR count). The summed E-state index contributed by atoms with van der Waals surface area (Å²) in [6.07, 6.45) is 0.482. The Hall–Kier alpha value is -4.42. The third-order valence-electron chi connectivity index (χ3n) is 6.75. The van der Waals surface area contributed by atoms with Gasteiger partial charge in [0, 0.05) is 23.5 Å². The van der Waals surface area contributed by atoms with Crippen LogP contribution in [0, 0.1) is 5.92 Å². The van der Waals surface area contributed by atoms with Crippen molar-refractivity contribution in [1.29, 1.82) is 0 Å². The SMILES string of the molecule is CC(C)C(NC(=O)C(N)Cc1ccc(O)cc1)C(=O)NC(Cc1c[nH]c2ccccc12)C(=O)NC(C(=O)O)C(C)O. The largest absolute Gasteiger partial charge is 0.508 e. The van der Waals surface area contributed by atoms with Gasteiger partial charge in [-0.2, -0.15) is 0 Å². The number of fused-ring (bicyclic) bond motifs is 1. The van der Waals surface area contributed by atoms with Crippen molar-refractivity contribution in [2.45, 2.75) is 63.9 Å². The lowest BCUT2D eigenvalue weighted by molar-refractivity contribution is -0.145. The first kappa shape index (κ1) is 31.1. The average Bonchev–Trinajstić information content (AvgIpc) is 3.33. The van der Waals surface area contributed by atoms with Gasteiger partial charge in [0.05, 0.1) is 12.1 Å². The third kappa shape index (κ3) is 8.29. The van der Waals surface area contributed by atoms with Crippen molar-refractivity contribution in [1.82, 2.24) is 20.9 Å². The van der Waals surface area contributed by atoms with E-state index in [2.05, 4.69) is 20.9 Å². The number of aromatic nitrogens is 1. The first-order valence-electron chi connectivity index (χ1n) is 13.3. The van der Waals surface area contributed by atoms with Crippen molar-refractivity contribution >= 4 is 34.6 Å². The maximum absolute atomic E-state index is 13.5. The van der Waals surface area contributed by atoms with Crippen molar-refractivity contribution in [2.24, 2.45) is 11.7 Å². The Morgan fingerprint density at radius 3 is 2.10 bits per heavy atom. The predicted molar refractivity (Wildman–Crippen MR) is 152 cm³/mol. The van der Waals surface area contributed by atoms with Crippen molar-refractivity contribution in [3.05, 3.63) is 65.9 Å². The van der Waals surface area contributed by atoms with Crippen molar-refractivity contribution < 1.29 is 34.5 Å². The molecule has 12 heteroatoms. The number of para-hydroxylation sites is 1. The van der Waals surface area contributed by atoms with Crippen LogP contribution in [-0.4, -0.2) is 74.3 Å². The second-order valence-electron chi connectivity index (χ2n) is 10.4. The molecule has 0 spiro atoms. The summed E-state index contributed by atoms with van der Waals surface area (Å²) in [5.74, 6) is -3.78. The van der Waals surface area contributed by atoms with Crippen molar-refractivity contribution in [2.75, 3.05) is 0 Å². The van der Waals surface area contributed by atoms with E-state index in [1.807, 2.05) is 24.3 Å². The van der Waals surface area contributed by atoms with Crippen molar-refractivity contribution in [3.8, 4) is 5.75 Å². The van der Waals surface area contributed by atoms with Gasteiger partial charge in [-0.3, -0.25) is 14.4 Å². The van der Waals surface area contributed by atoms with E-state index in [1.165, 1.54) is 19.1 Å². The number of carboxylic acid groups (broad SMARTS) is 1. The van der Waals surface area contributed by atoms with Gasteiger partial charge in [0.2, 0.25) is 17.7 Å². The number of nitrogens with two attached hydrogens (primary N) is 1. The number of aliphatic hydroxyl groups excluding tert-OH is 1. The molecule has 0 saturated carbocycles. The van der Waals surface area contributed by atoms with Crippen LogP contribution < -0.4 is 21.7 Å². The number of amides is 3.